The lowest BCUT2D eigenvalue weighted by atomic mass is 10.1. The van der Waals surface area contributed by atoms with Crippen molar-refractivity contribution in [2.24, 2.45) is 0 Å². The highest BCUT2D eigenvalue weighted by Gasteiger charge is 2.38. The predicted molar refractivity (Wildman–Crippen MR) is 74.3 cm³/mol. The number of hydrogen-bond donors (Lipinski definition) is 1. The van der Waals surface area contributed by atoms with Gasteiger partial charge in [0.2, 0.25) is 5.82 Å². The van der Waals surface area contributed by atoms with Crippen molar-refractivity contribution in [1.29, 1.82) is 0 Å². The van der Waals surface area contributed by atoms with Crippen molar-refractivity contribution in [3.05, 3.63) is 34.1 Å². The third-order valence-corrected chi connectivity index (χ3v) is 4.15. The van der Waals surface area contributed by atoms with Crippen LogP contribution in [0.5, 0.6) is 0 Å². The fourth-order valence-corrected chi connectivity index (χ4v) is 3.06. The molecule has 0 radical (unpaired) electrons. The van der Waals surface area contributed by atoms with Crippen LogP contribution in [0.1, 0.15) is 26.2 Å². The Hall–Kier alpha value is -1.69. The number of nitrogens with one attached hydrogen (secondary N) is 1. The van der Waals surface area contributed by atoms with Crippen LogP contribution in [0, 0.1) is 15.9 Å². The van der Waals surface area contributed by atoms with Crippen molar-refractivity contribution < 1.29 is 9.31 Å². The molecule has 1 aromatic carbocycles. The van der Waals surface area contributed by atoms with Crippen LogP contribution in [-0.2, 0) is 0 Å². The average molecular weight is 279 g/mol. The molecule has 5 nitrogen and oxygen atoms in total. The molecule has 2 fully saturated rings. The molecule has 1 saturated carbocycles. The third kappa shape index (κ3) is 2.60. The van der Waals surface area contributed by atoms with Crippen molar-refractivity contribution in [1.82, 2.24) is 4.90 Å². The zero-order valence-electron chi connectivity index (χ0n) is 11.4. The van der Waals surface area contributed by atoms with Crippen LogP contribution in [0.4, 0.5) is 15.8 Å². The number of nitrogens with zero attached hydrogens (tertiary/aromatic N) is 2. The van der Waals surface area contributed by atoms with Crippen molar-refractivity contribution in [2.45, 2.75) is 44.3 Å². The fraction of sp³-hybridized carbons (Fsp3) is 0.571. The second-order valence-corrected chi connectivity index (χ2v) is 5.78. The van der Waals surface area contributed by atoms with Crippen LogP contribution in [0.3, 0.4) is 0 Å². The lowest BCUT2D eigenvalue weighted by Gasteiger charge is -2.19. The van der Waals surface area contributed by atoms with Gasteiger partial charge in [-0.15, -0.1) is 0 Å². The third-order valence-electron chi connectivity index (χ3n) is 4.15. The molecular weight excluding hydrogens is 261 g/mol. The summed E-state index contributed by atoms with van der Waals surface area (Å²) in [6.07, 6.45) is 3.58. The second-order valence-electron chi connectivity index (χ2n) is 5.78. The Kier molecular flexibility index (Phi) is 3.33. The Balaban J connectivity index is 1.66. The van der Waals surface area contributed by atoms with E-state index < -0.39 is 16.4 Å². The van der Waals surface area contributed by atoms with Crippen molar-refractivity contribution >= 4 is 11.4 Å². The van der Waals surface area contributed by atoms with Crippen LogP contribution in [-0.4, -0.2) is 34.5 Å². The largest absolute Gasteiger partial charge is 0.381 e. The summed E-state index contributed by atoms with van der Waals surface area (Å²) in [7, 11) is 0. The zero-order valence-corrected chi connectivity index (χ0v) is 11.4. The van der Waals surface area contributed by atoms with Crippen molar-refractivity contribution in [2.75, 3.05) is 11.9 Å². The normalized spacial score (nSPS) is 26.7. The van der Waals surface area contributed by atoms with Crippen molar-refractivity contribution in [3.8, 4) is 0 Å². The van der Waals surface area contributed by atoms with Crippen LogP contribution in [0.25, 0.3) is 0 Å². The maximum Gasteiger partial charge on any atom is 0.304 e. The van der Waals surface area contributed by atoms with Gasteiger partial charge >= 0.3 is 5.69 Å². The van der Waals surface area contributed by atoms with Gasteiger partial charge in [-0.2, -0.15) is 4.39 Å². The first-order valence-electron chi connectivity index (χ1n) is 7.01. The topological polar surface area (TPSA) is 58.4 Å². The number of benzene rings is 1. The van der Waals surface area contributed by atoms with Gasteiger partial charge < -0.3 is 5.32 Å². The predicted octanol–water partition coefficient (Wildman–Crippen LogP) is 2.77. The Labute approximate surface area is 116 Å². The number of nitro benzene ring substituents is 1. The summed E-state index contributed by atoms with van der Waals surface area (Å²) >= 11 is 0. The molecule has 2 aliphatic rings. The van der Waals surface area contributed by atoms with E-state index in [0.29, 0.717) is 11.7 Å². The van der Waals surface area contributed by atoms with E-state index in [-0.39, 0.29) is 6.04 Å². The molecule has 0 aromatic heterocycles. The van der Waals surface area contributed by atoms with Crippen LogP contribution >= 0.6 is 0 Å². The van der Waals surface area contributed by atoms with Crippen LogP contribution in [0.15, 0.2) is 18.2 Å². The highest BCUT2D eigenvalue weighted by atomic mass is 19.1. The highest BCUT2D eigenvalue weighted by Crippen LogP contribution is 2.34. The number of halogens is 1. The zero-order chi connectivity index (χ0) is 14.3. The minimum atomic E-state index is -0.787. The molecule has 1 N–H and O–H groups in total. The molecule has 1 aromatic rings. The van der Waals surface area contributed by atoms with Gasteiger partial charge in [-0.1, -0.05) is 0 Å². The van der Waals surface area contributed by atoms with Gasteiger partial charge in [0, 0.05) is 42.5 Å². The molecule has 0 amide bonds. The van der Waals surface area contributed by atoms with Gasteiger partial charge in [-0.3, -0.25) is 15.0 Å². The minimum absolute atomic E-state index is 0.284. The fourth-order valence-electron chi connectivity index (χ4n) is 3.06. The number of nitro groups is 1. The monoisotopic (exact) mass is 279 g/mol. The van der Waals surface area contributed by atoms with Gasteiger partial charge in [-0.05, 0) is 32.3 Å². The van der Waals surface area contributed by atoms with E-state index in [2.05, 4.69) is 17.1 Å². The summed E-state index contributed by atoms with van der Waals surface area (Å²) in [6, 6.07) is 5.56. The molecule has 1 heterocycles. The summed E-state index contributed by atoms with van der Waals surface area (Å²) in [5.74, 6) is -0.787. The van der Waals surface area contributed by atoms with E-state index in [1.165, 1.54) is 25.0 Å². The molecule has 2 atom stereocenters. The smallest absolute Gasteiger partial charge is 0.304 e. The van der Waals surface area contributed by atoms with E-state index >= 15 is 0 Å². The van der Waals surface area contributed by atoms with E-state index in [9.17, 15) is 14.5 Å². The Morgan fingerprint density at radius 2 is 2.20 bits per heavy atom. The maximum atomic E-state index is 13.6. The maximum absolute atomic E-state index is 13.6. The molecule has 3 rings (SSSR count). The second kappa shape index (κ2) is 5.01. The van der Waals surface area contributed by atoms with Gasteiger partial charge in [-0.25, -0.2) is 0 Å². The lowest BCUT2D eigenvalue weighted by molar-refractivity contribution is -0.387. The van der Waals surface area contributed by atoms with Gasteiger partial charge in [0.1, 0.15) is 0 Å². The lowest BCUT2D eigenvalue weighted by Crippen LogP contribution is -2.31. The molecule has 0 spiro atoms. The van der Waals surface area contributed by atoms with E-state index in [1.54, 1.807) is 6.07 Å². The van der Waals surface area contributed by atoms with Crippen molar-refractivity contribution in [3.63, 3.8) is 0 Å². The van der Waals surface area contributed by atoms with Gasteiger partial charge in [0.15, 0.2) is 0 Å². The minimum Gasteiger partial charge on any atom is -0.381 e. The molecule has 6 heteroatoms. The van der Waals surface area contributed by atoms with Crippen LogP contribution in [0.2, 0.25) is 0 Å². The molecule has 1 aliphatic heterocycles. The van der Waals surface area contributed by atoms with E-state index in [4.69, 9.17) is 0 Å². The summed E-state index contributed by atoms with van der Waals surface area (Å²) in [4.78, 5) is 12.4. The van der Waals surface area contributed by atoms with Gasteiger partial charge in [0.05, 0.1) is 4.92 Å². The number of rotatable bonds is 4. The molecule has 20 heavy (non-hydrogen) atoms. The Bertz CT molecular complexity index is 533. The number of anilines is 1. The molecule has 1 saturated heterocycles. The molecular formula is C14H18FN3O2. The van der Waals surface area contributed by atoms with Crippen LogP contribution < -0.4 is 5.32 Å². The van der Waals surface area contributed by atoms with E-state index in [0.717, 1.165) is 19.0 Å². The summed E-state index contributed by atoms with van der Waals surface area (Å²) < 4.78 is 13.6. The van der Waals surface area contributed by atoms with E-state index in [1.807, 2.05) is 0 Å². The first-order valence-corrected chi connectivity index (χ1v) is 7.01. The Morgan fingerprint density at radius 1 is 1.45 bits per heavy atom. The SMILES string of the molecule is CC1CC(Nc2ccc([N+](=O)[O-])c(F)c2)CN1C1CC1. The summed E-state index contributed by atoms with van der Waals surface area (Å²) in [5.41, 5.74) is 0.137. The Morgan fingerprint density at radius 3 is 2.80 bits per heavy atom. The highest BCUT2D eigenvalue weighted by molar-refractivity contribution is 5.50. The quantitative estimate of drug-likeness (QED) is 0.680. The standard InChI is InChI=1S/C14H18FN3O2/c1-9-6-11(8-17(9)12-3-4-12)16-10-2-5-14(18(19)20)13(15)7-10/h2,5,7,9,11-12,16H,3-4,6,8H2,1H3. The molecule has 1 aliphatic carbocycles. The summed E-state index contributed by atoms with van der Waals surface area (Å²) in [5, 5.41) is 13.9. The first-order chi connectivity index (χ1) is 9.54. The average Bonchev–Trinajstić information content (AvgIpc) is 3.14. The van der Waals surface area contributed by atoms with Gasteiger partial charge in [0.25, 0.3) is 0 Å². The summed E-state index contributed by atoms with van der Waals surface area (Å²) in [6.45, 7) is 3.18. The molecule has 108 valence electrons. The number of likely N-dealkylation sites (tertiary alicyclic amines) is 1. The molecule has 2 unspecified atom stereocenters. The first kappa shape index (κ1) is 13.3. The number of hydrogen-bond acceptors (Lipinski definition) is 4. The molecule has 0 bridgehead atoms.